The molecule has 0 atom stereocenters. The van der Waals surface area contributed by atoms with Crippen molar-refractivity contribution >= 4 is 33.4 Å². The van der Waals surface area contributed by atoms with Gasteiger partial charge >= 0.3 is 0 Å². The summed E-state index contributed by atoms with van der Waals surface area (Å²) in [6, 6.07) is 16.2. The predicted molar refractivity (Wildman–Crippen MR) is 115 cm³/mol. The van der Waals surface area contributed by atoms with Crippen molar-refractivity contribution in [3.8, 4) is 11.3 Å². The Morgan fingerprint density at radius 2 is 1.86 bits per heavy atom. The van der Waals surface area contributed by atoms with Crippen LogP contribution >= 0.6 is 11.3 Å². The van der Waals surface area contributed by atoms with E-state index < -0.39 is 0 Å². The molecule has 0 saturated carbocycles. The molecule has 0 unspecified atom stereocenters. The number of para-hydroxylation sites is 2. The minimum Gasteiger partial charge on any atom is -0.321 e. The number of anilines is 1. The van der Waals surface area contributed by atoms with E-state index in [1.807, 2.05) is 34.2 Å². The number of nitrogens with zero attached hydrogens (tertiary/aromatic N) is 3. The number of hydrogen-bond acceptors (Lipinski definition) is 4. The highest BCUT2D eigenvalue weighted by Crippen LogP contribution is 2.28. The van der Waals surface area contributed by atoms with E-state index in [0.717, 1.165) is 22.3 Å². The number of imidazole rings is 1. The highest BCUT2D eigenvalue weighted by molar-refractivity contribution is 7.14. The fourth-order valence-corrected chi connectivity index (χ4v) is 3.79. The number of carbonyl (C=O) groups excluding carboxylic acids is 1. The Morgan fingerprint density at radius 3 is 2.61 bits per heavy atom. The topological polar surface area (TPSA) is 59.8 Å². The molecule has 0 aliphatic heterocycles. The van der Waals surface area contributed by atoms with E-state index in [1.165, 1.54) is 16.9 Å². The minimum atomic E-state index is -0.118. The summed E-state index contributed by atoms with van der Waals surface area (Å²) in [5.41, 5.74) is 5.14. The second kappa shape index (κ2) is 7.20. The van der Waals surface area contributed by atoms with Gasteiger partial charge in [-0.2, -0.15) is 0 Å². The van der Waals surface area contributed by atoms with Crippen LogP contribution in [0.25, 0.3) is 22.3 Å². The first kappa shape index (κ1) is 18.4. The lowest BCUT2D eigenvalue weighted by atomic mass is 9.86. The van der Waals surface area contributed by atoms with Crippen molar-refractivity contribution in [3.63, 3.8) is 0 Å². The number of benzene rings is 2. The number of rotatable bonds is 4. The minimum absolute atomic E-state index is 0.118. The first-order valence-electron chi connectivity index (χ1n) is 9.16. The molecule has 2 heterocycles. The molecule has 6 heteroatoms. The van der Waals surface area contributed by atoms with Gasteiger partial charge in [-0.05, 0) is 23.1 Å². The van der Waals surface area contributed by atoms with E-state index in [0.29, 0.717) is 5.13 Å². The molecule has 0 bridgehead atoms. The van der Waals surface area contributed by atoms with Gasteiger partial charge in [0.05, 0.1) is 23.1 Å². The van der Waals surface area contributed by atoms with Gasteiger partial charge in [0.15, 0.2) is 5.13 Å². The van der Waals surface area contributed by atoms with E-state index in [-0.39, 0.29) is 17.9 Å². The quantitative estimate of drug-likeness (QED) is 0.528. The fourth-order valence-electron chi connectivity index (χ4n) is 3.05. The summed E-state index contributed by atoms with van der Waals surface area (Å²) < 4.78 is 1.84. The van der Waals surface area contributed by atoms with Crippen LogP contribution in [0.1, 0.15) is 26.3 Å². The number of hydrogen-bond donors (Lipinski definition) is 1. The summed E-state index contributed by atoms with van der Waals surface area (Å²) in [4.78, 5) is 21.3. The average Bonchev–Trinajstić information content (AvgIpc) is 3.29. The van der Waals surface area contributed by atoms with Crippen molar-refractivity contribution in [2.75, 3.05) is 5.32 Å². The van der Waals surface area contributed by atoms with Gasteiger partial charge in [0.1, 0.15) is 6.54 Å². The summed E-state index contributed by atoms with van der Waals surface area (Å²) in [6.07, 6.45) is 1.69. The van der Waals surface area contributed by atoms with Gasteiger partial charge in [-0.3, -0.25) is 4.79 Å². The molecule has 5 nitrogen and oxygen atoms in total. The van der Waals surface area contributed by atoms with Crippen LogP contribution in [0.5, 0.6) is 0 Å². The molecule has 4 aromatic rings. The zero-order valence-corrected chi connectivity index (χ0v) is 17.0. The van der Waals surface area contributed by atoms with Crippen LogP contribution in [0.2, 0.25) is 0 Å². The Hall–Kier alpha value is -2.99. The van der Waals surface area contributed by atoms with Crippen LogP contribution in [0.4, 0.5) is 5.13 Å². The number of aromatic nitrogens is 3. The Balaban J connectivity index is 1.45. The zero-order valence-electron chi connectivity index (χ0n) is 16.1. The normalized spacial score (nSPS) is 11.7. The van der Waals surface area contributed by atoms with Crippen LogP contribution in [0.15, 0.2) is 60.2 Å². The van der Waals surface area contributed by atoms with Crippen LogP contribution in [-0.2, 0) is 16.8 Å². The number of amides is 1. The molecule has 28 heavy (non-hydrogen) atoms. The highest BCUT2D eigenvalue weighted by atomic mass is 32.1. The van der Waals surface area contributed by atoms with E-state index in [1.54, 1.807) is 6.33 Å². The number of fused-ring (bicyclic) bond motifs is 1. The lowest BCUT2D eigenvalue weighted by molar-refractivity contribution is -0.116. The van der Waals surface area contributed by atoms with Gasteiger partial charge < -0.3 is 9.88 Å². The molecule has 4 rings (SSSR count). The van der Waals surface area contributed by atoms with Gasteiger partial charge in [0.2, 0.25) is 5.91 Å². The third-order valence-electron chi connectivity index (χ3n) is 4.64. The molecule has 1 amide bonds. The van der Waals surface area contributed by atoms with E-state index >= 15 is 0 Å². The lowest BCUT2D eigenvalue weighted by Gasteiger charge is -2.18. The van der Waals surface area contributed by atoms with Crippen molar-refractivity contribution in [2.45, 2.75) is 32.7 Å². The molecule has 0 aliphatic rings. The Bertz CT molecular complexity index is 1120. The van der Waals surface area contributed by atoms with Crippen molar-refractivity contribution in [1.29, 1.82) is 0 Å². The second-order valence-corrected chi connectivity index (χ2v) is 8.63. The Labute approximate surface area is 168 Å². The second-order valence-electron chi connectivity index (χ2n) is 7.77. The molecule has 1 N–H and O–H groups in total. The largest absolute Gasteiger partial charge is 0.321 e. The summed E-state index contributed by atoms with van der Waals surface area (Å²) in [5.74, 6) is -0.118. The molecule has 0 radical (unpaired) electrons. The van der Waals surface area contributed by atoms with Gasteiger partial charge in [-0.15, -0.1) is 11.3 Å². The van der Waals surface area contributed by atoms with Gasteiger partial charge in [0, 0.05) is 10.9 Å². The first-order chi connectivity index (χ1) is 13.4. The maximum Gasteiger partial charge on any atom is 0.246 e. The van der Waals surface area contributed by atoms with Crippen LogP contribution in [0, 0.1) is 0 Å². The molecule has 0 fully saturated rings. The SMILES string of the molecule is CC(C)(C)c1ccc(-c2csc(NC(=O)Cn3cnc4ccccc43)n2)cc1. The van der Waals surface area contributed by atoms with Gasteiger partial charge in [-0.25, -0.2) is 9.97 Å². The summed E-state index contributed by atoms with van der Waals surface area (Å²) in [6.45, 7) is 6.79. The fraction of sp³-hybridized carbons (Fsp3) is 0.227. The standard InChI is InChI=1S/C22H22N4OS/c1-22(2,3)16-10-8-15(9-11-16)18-13-28-21(24-18)25-20(27)12-26-14-23-17-6-4-5-7-19(17)26/h4-11,13-14H,12H2,1-3H3,(H,24,25,27). The lowest BCUT2D eigenvalue weighted by Crippen LogP contribution is -2.18. The maximum atomic E-state index is 12.4. The highest BCUT2D eigenvalue weighted by Gasteiger charge is 2.14. The maximum absolute atomic E-state index is 12.4. The zero-order chi connectivity index (χ0) is 19.7. The van der Waals surface area contributed by atoms with Crippen LogP contribution in [-0.4, -0.2) is 20.4 Å². The Kier molecular flexibility index (Phi) is 4.73. The van der Waals surface area contributed by atoms with E-state index in [2.05, 4.69) is 60.3 Å². The first-order valence-corrected chi connectivity index (χ1v) is 10.0. The third-order valence-corrected chi connectivity index (χ3v) is 5.40. The van der Waals surface area contributed by atoms with Crippen molar-refractivity contribution < 1.29 is 4.79 Å². The van der Waals surface area contributed by atoms with Crippen molar-refractivity contribution in [1.82, 2.24) is 14.5 Å². The van der Waals surface area contributed by atoms with Gasteiger partial charge in [-0.1, -0.05) is 57.2 Å². The van der Waals surface area contributed by atoms with Crippen LogP contribution in [0.3, 0.4) is 0 Å². The molecule has 2 aromatic carbocycles. The molecule has 2 aromatic heterocycles. The molecular formula is C22H22N4OS. The summed E-state index contributed by atoms with van der Waals surface area (Å²) >= 11 is 1.43. The number of thiazole rings is 1. The van der Waals surface area contributed by atoms with Gasteiger partial charge in [0.25, 0.3) is 0 Å². The molecule has 142 valence electrons. The molecular weight excluding hydrogens is 368 g/mol. The number of nitrogens with one attached hydrogen (secondary N) is 1. The van der Waals surface area contributed by atoms with Crippen molar-refractivity contribution in [2.24, 2.45) is 0 Å². The molecule has 0 aliphatic carbocycles. The van der Waals surface area contributed by atoms with Crippen molar-refractivity contribution in [3.05, 3.63) is 65.8 Å². The monoisotopic (exact) mass is 390 g/mol. The summed E-state index contributed by atoms with van der Waals surface area (Å²) in [7, 11) is 0. The number of carbonyl (C=O) groups is 1. The van der Waals surface area contributed by atoms with Crippen LogP contribution < -0.4 is 5.32 Å². The predicted octanol–water partition coefficient (Wildman–Crippen LogP) is 5.10. The molecule has 0 saturated heterocycles. The van der Waals surface area contributed by atoms with E-state index in [9.17, 15) is 4.79 Å². The third kappa shape index (κ3) is 3.82. The molecule has 0 spiro atoms. The smallest absolute Gasteiger partial charge is 0.246 e. The summed E-state index contributed by atoms with van der Waals surface area (Å²) in [5, 5.41) is 5.46. The Morgan fingerprint density at radius 1 is 1.11 bits per heavy atom. The average molecular weight is 391 g/mol. The van der Waals surface area contributed by atoms with E-state index in [4.69, 9.17) is 0 Å².